The summed E-state index contributed by atoms with van der Waals surface area (Å²) in [6, 6.07) is 5.01. The average Bonchev–Trinajstić information content (AvgIpc) is 3.58. The Labute approximate surface area is 216 Å². The number of rotatable bonds is 9. The number of aromatic nitrogens is 8. The number of nitrogens with zero attached hydrogens (tertiary/aromatic N) is 7. The van der Waals surface area contributed by atoms with E-state index in [1.807, 2.05) is 4.57 Å². The predicted octanol–water partition coefficient (Wildman–Crippen LogP) is 4.50. The first-order valence-electron chi connectivity index (χ1n) is 11.7. The monoisotopic (exact) mass is 578 g/mol. The Bertz CT molecular complexity index is 1620. The summed E-state index contributed by atoms with van der Waals surface area (Å²) in [6.45, 7) is 2.74. The first-order valence-corrected chi connectivity index (χ1v) is 12.5. The lowest BCUT2D eigenvalue weighted by molar-refractivity contribution is -0.137. The van der Waals surface area contributed by atoms with Crippen molar-refractivity contribution < 1.29 is 17.7 Å². The van der Waals surface area contributed by atoms with E-state index in [0.717, 1.165) is 31.4 Å². The van der Waals surface area contributed by atoms with Crippen molar-refractivity contribution in [1.29, 1.82) is 0 Å². The van der Waals surface area contributed by atoms with Crippen LogP contribution in [0.15, 0.2) is 38.3 Å². The predicted molar refractivity (Wildman–Crippen MR) is 130 cm³/mol. The van der Waals surface area contributed by atoms with Crippen molar-refractivity contribution in [1.82, 2.24) is 39.3 Å². The molecule has 0 amide bonds. The summed E-state index contributed by atoms with van der Waals surface area (Å²) in [7, 11) is 0. The van der Waals surface area contributed by atoms with Crippen LogP contribution < -0.4 is 5.56 Å². The Hall–Kier alpha value is -3.55. The van der Waals surface area contributed by atoms with Gasteiger partial charge in [0.15, 0.2) is 21.7 Å². The number of alkyl halides is 3. The minimum absolute atomic E-state index is 0.0937. The molecule has 5 aromatic rings. The highest BCUT2D eigenvalue weighted by Crippen LogP contribution is 2.30. The van der Waals surface area contributed by atoms with Gasteiger partial charge in [-0.1, -0.05) is 43.1 Å². The number of aromatic amines is 1. The largest absolute Gasteiger partial charge is 0.416 e. The van der Waals surface area contributed by atoms with Gasteiger partial charge in [-0.2, -0.15) is 18.2 Å². The Morgan fingerprint density at radius 1 is 1.14 bits per heavy atom. The van der Waals surface area contributed by atoms with Gasteiger partial charge in [-0.3, -0.25) is 9.36 Å². The van der Waals surface area contributed by atoms with E-state index < -0.39 is 11.7 Å². The molecule has 0 saturated heterocycles. The smallest absolute Gasteiger partial charge is 0.339 e. The van der Waals surface area contributed by atoms with Crippen molar-refractivity contribution in [3.05, 3.63) is 68.0 Å². The van der Waals surface area contributed by atoms with Crippen LogP contribution in [0.25, 0.3) is 16.9 Å². The van der Waals surface area contributed by atoms with E-state index in [1.165, 1.54) is 10.5 Å². The highest BCUT2D eigenvalue weighted by atomic mass is 79.9. The number of benzene rings is 1. The van der Waals surface area contributed by atoms with Crippen molar-refractivity contribution >= 4 is 32.9 Å². The maximum atomic E-state index is 13.2. The Kier molecular flexibility index (Phi) is 6.84. The third kappa shape index (κ3) is 5.15. The zero-order valence-corrected chi connectivity index (χ0v) is 21.3. The number of hydrogen-bond donors (Lipinski definition) is 1. The molecule has 10 nitrogen and oxygen atoms in total. The molecule has 1 aromatic carbocycles. The molecule has 14 heteroatoms. The number of H-pyrrole nitrogens is 1. The standard InChI is InChI=1S/C23H22BrF3N8O2/c1-2-3-4-10-34-19-18(29-21(24)30-19)20(36)35-16(31-32-22(34)35)8-9-17-28-15(33-37-17)12-13-6-5-7-14(11-13)23(25,26)27/h5-7,11H,2-4,8-10,12H2,1H3,(H,29,30). The average molecular weight is 579 g/mol. The van der Waals surface area contributed by atoms with Crippen LogP contribution in [0.3, 0.4) is 0 Å². The molecule has 4 aromatic heterocycles. The molecule has 0 unspecified atom stereocenters. The van der Waals surface area contributed by atoms with Gasteiger partial charge in [0, 0.05) is 25.8 Å². The maximum Gasteiger partial charge on any atom is 0.416 e. The van der Waals surface area contributed by atoms with Crippen molar-refractivity contribution in [2.24, 2.45) is 0 Å². The molecule has 0 saturated carbocycles. The number of hydrogen-bond acceptors (Lipinski definition) is 7. The number of halogens is 4. The fourth-order valence-corrected chi connectivity index (χ4v) is 4.55. The van der Waals surface area contributed by atoms with Crippen molar-refractivity contribution in [3.8, 4) is 0 Å². The van der Waals surface area contributed by atoms with Crippen LogP contribution in [-0.4, -0.2) is 39.3 Å². The topological polar surface area (TPSA) is 120 Å². The van der Waals surface area contributed by atoms with Crippen LogP contribution in [0.2, 0.25) is 0 Å². The highest BCUT2D eigenvalue weighted by molar-refractivity contribution is 9.10. The summed E-state index contributed by atoms with van der Waals surface area (Å²) in [6.07, 6.45) is -0.808. The van der Waals surface area contributed by atoms with Crippen LogP contribution in [0, 0.1) is 0 Å². The number of unbranched alkanes of at least 4 members (excludes halogenated alkanes) is 2. The quantitative estimate of drug-likeness (QED) is 0.202. The second-order valence-electron chi connectivity index (χ2n) is 8.62. The molecule has 0 fully saturated rings. The molecule has 4 heterocycles. The van der Waals surface area contributed by atoms with E-state index in [-0.39, 0.29) is 36.5 Å². The van der Waals surface area contributed by atoms with Gasteiger partial charge in [0.25, 0.3) is 5.56 Å². The van der Waals surface area contributed by atoms with E-state index in [2.05, 4.69) is 53.2 Å². The van der Waals surface area contributed by atoms with Gasteiger partial charge in [0.2, 0.25) is 11.7 Å². The van der Waals surface area contributed by atoms with Crippen molar-refractivity contribution in [2.75, 3.05) is 0 Å². The zero-order chi connectivity index (χ0) is 26.2. The fourth-order valence-electron chi connectivity index (χ4n) is 4.19. The van der Waals surface area contributed by atoms with Gasteiger partial charge in [0.05, 0.1) is 5.56 Å². The minimum Gasteiger partial charge on any atom is -0.339 e. The van der Waals surface area contributed by atoms with Gasteiger partial charge >= 0.3 is 6.18 Å². The maximum absolute atomic E-state index is 13.2. The summed E-state index contributed by atoms with van der Waals surface area (Å²) in [5.74, 6) is 1.38. The number of aryl methyl sites for hydroxylation is 3. The summed E-state index contributed by atoms with van der Waals surface area (Å²) in [4.78, 5) is 24.9. The number of fused-ring (bicyclic) bond motifs is 2. The minimum atomic E-state index is -4.42. The first kappa shape index (κ1) is 25.1. The molecule has 0 aliphatic carbocycles. The first-order chi connectivity index (χ1) is 17.7. The molecule has 0 spiro atoms. The van der Waals surface area contributed by atoms with Crippen LogP contribution in [-0.2, 0) is 32.0 Å². The molecule has 0 aliphatic heterocycles. The number of imidazole rings is 1. The molecule has 0 bridgehead atoms. The highest BCUT2D eigenvalue weighted by Gasteiger charge is 2.30. The SMILES string of the molecule is CCCCCn1c2nc(Br)[nH]c2c(=O)n2c(CCc3nc(Cc4cccc(C(F)(F)F)c4)no3)nnc12. The number of nitrogens with one attached hydrogen (secondary N) is 1. The van der Waals surface area contributed by atoms with E-state index in [4.69, 9.17) is 4.52 Å². The van der Waals surface area contributed by atoms with Crippen LogP contribution >= 0.6 is 15.9 Å². The van der Waals surface area contributed by atoms with Crippen LogP contribution in [0.4, 0.5) is 13.2 Å². The van der Waals surface area contributed by atoms with Crippen LogP contribution in [0.1, 0.15) is 54.9 Å². The molecule has 5 rings (SSSR count). The molecule has 0 aliphatic rings. The molecule has 37 heavy (non-hydrogen) atoms. The lowest BCUT2D eigenvalue weighted by Gasteiger charge is -2.09. The van der Waals surface area contributed by atoms with E-state index >= 15 is 0 Å². The van der Waals surface area contributed by atoms with E-state index in [9.17, 15) is 18.0 Å². The Balaban J connectivity index is 1.37. The molecular weight excluding hydrogens is 557 g/mol. The molecule has 0 atom stereocenters. The third-order valence-electron chi connectivity index (χ3n) is 5.96. The van der Waals surface area contributed by atoms with Crippen LogP contribution in [0.5, 0.6) is 0 Å². The normalized spacial score (nSPS) is 12.2. The van der Waals surface area contributed by atoms with Gasteiger partial charge in [0.1, 0.15) is 5.82 Å². The molecule has 1 N–H and O–H groups in total. The van der Waals surface area contributed by atoms with Crippen molar-refractivity contribution in [3.63, 3.8) is 0 Å². The molecule has 0 radical (unpaired) electrons. The summed E-state index contributed by atoms with van der Waals surface area (Å²) < 4.78 is 48.0. The fraction of sp³-hybridized carbons (Fsp3) is 0.391. The molecular formula is C23H22BrF3N8O2. The van der Waals surface area contributed by atoms with Gasteiger partial charge in [-0.05, 0) is 34.0 Å². The zero-order valence-electron chi connectivity index (χ0n) is 19.7. The summed E-state index contributed by atoms with van der Waals surface area (Å²) >= 11 is 3.31. The third-order valence-corrected chi connectivity index (χ3v) is 6.33. The van der Waals surface area contributed by atoms with E-state index in [0.29, 0.717) is 39.6 Å². The van der Waals surface area contributed by atoms with Gasteiger partial charge in [-0.25, -0.2) is 9.38 Å². The van der Waals surface area contributed by atoms with E-state index in [1.54, 1.807) is 6.07 Å². The van der Waals surface area contributed by atoms with Crippen molar-refractivity contribution in [2.45, 2.75) is 58.2 Å². The lowest BCUT2D eigenvalue weighted by atomic mass is 10.1. The second kappa shape index (κ2) is 10.1. The Morgan fingerprint density at radius 3 is 2.76 bits per heavy atom. The Morgan fingerprint density at radius 2 is 1.97 bits per heavy atom. The summed E-state index contributed by atoms with van der Waals surface area (Å²) in [5.41, 5.74) is 0.231. The lowest BCUT2D eigenvalue weighted by Crippen LogP contribution is -2.21. The van der Waals surface area contributed by atoms with Gasteiger partial charge < -0.3 is 9.51 Å². The summed E-state index contributed by atoms with van der Waals surface area (Å²) in [5, 5.41) is 12.4. The molecule has 194 valence electrons. The second-order valence-corrected chi connectivity index (χ2v) is 9.37. The van der Waals surface area contributed by atoms with Gasteiger partial charge in [-0.15, -0.1) is 10.2 Å².